The Hall–Kier alpha value is -1.67. The second kappa shape index (κ2) is 4.96. The molecule has 116 valence electrons. The van der Waals surface area contributed by atoms with E-state index in [2.05, 4.69) is 0 Å². The molecule has 1 aromatic rings. The van der Waals surface area contributed by atoms with Crippen molar-refractivity contribution >= 4 is 16.1 Å². The lowest BCUT2D eigenvalue weighted by molar-refractivity contribution is 0.0973. The van der Waals surface area contributed by atoms with Gasteiger partial charge in [-0.3, -0.25) is 4.79 Å². The largest absolute Gasteiger partial charge is 0.508 e. The number of hydrogen-bond donors (Lipinski definition) is 2. The van der Waals surface area contributed by atoms with Crippen molar-refractivity contribution in [3.05, 3.63) is 29.1 Å². The molecular weight excluding hydrogens is 299 g/mol. The fourth-order valence-electron chi connectivity index (χ4n) is 2.24. The molecule has 0 aromatic heterocycles. The van der Waals surface area contributed by atoms with E-state index in [9.17, 15) is 22.7 Å². The van der Waals surface area contributed by atoms with E-state index in [1.165, 1.54) is 6.07 Å². The first kappa shape index (κ1) is 14.3. The molecule has 1 amide bonds. The highest BCUT2D eigenvalue weighted by atomic mass is 32.2. The summed E-state index contributed by atoms with van der Waals surface area (Å²) in [6.07, 6.45) is 2.48. The first-order valence-corrected chi connectivity index (χ1v) is 8.17. The number of halogens is 1. The minimum Gasteiger partial charge on any atom is -0.508 e. The van der Waals surface area contributed by atoms with Gasteiger partial charge in [0.05, 0.1) is 5.56 Å². The van der Waals surface area contributed by atoms with Gasteiger partial charge in [0, 0.05) is 20.6 Å². The van der Waals surface area contributed by atoms with Gasteiger partial charge in [-0.25, -0.2) is 9.11 Å². The van der Waals surface area contributed by atoms with Gasteiger partial charge in [0.2, 0.25) is 0 Å². The number of carbonyl (C=O) groups is 1. The third-order valence-electron chi connectivity index (χ3n) is 3.75. The van der Waals surface area contributed by atoms with E-state index in [1.54, 1.807) is 0 Å². The number of nitrogens with one attached hydrogen (secondary N) is 1. The molecule has 1 aliphatic carbocycles. The molecule has 1 saturated carbocycles. The van der Waals surface area contributed by atoms with Crippen molar-refractivity contribution in [3.8, 4) is 5.75 Å². The molecule has 1 heterocycles. The summed E-state index contributed by atoms with van der Waals surface area (Å²) >= 11 is 0. The van der Waals surface area contributed by atoms with Gasteiger partial charge in [0.25, 0.3) is 5.91 Å². The van der Waals surface area contributed by atoms with Crippen LogP contribution in [0, 0.1) is 5.82 Å². The Kier molecular flexibility index (Phi) is 3.37. The summed E-state index contributed by atoms with van der Waals surface area (Å²) in [5.41, 5.74) is 0.127. The van der Waals surface area contributed by atoms with Crippen LogP contribution >= 0.6 is 0 Å². The maximum absolute atomic E-state index is 13.8. The SMILES string of the molecule is O=C(NS(=O)(=O)N1CCC1)c1cc(C2CC2)c(O)cc1F.[HH]. The number of rotatable bonds is 4. The van der Waals surface area contributed by atoms with Crippen molar-refractivity contribution in [1.29, 1.82) is 0 Å². The maximum Gasteiger partial charge on any atom is 0.304 e. The van der Waals surface area contributed by atoms with Gasteiger partial charge in [-0.1, -0.05) is 0 Å². The van der Waals surface area contributed by atoms with Gasteiger partial charge >= 0.3 is 10.2 Å². The fourth-order valence-corrected chi connectivity index (χ4v) is 3.45. The lowest BCUT2D eigenvalue weighted by Gasteiger charge is -2.29. The minimum absolute atomic E-state index is 0. The molecule has 1 aliphatic heterocycles. The van der Waals surface area contributed by atoms with Crippen LogP contribution in [0.4, 0.5) is 4.39 Å². The number of carbonyl (C=O) groups excluding carboxylic acids is 1. The second-order valence-electron chi connectivity index (χ2n) is 5.35. The number of aromatic hydroxyl groups is 1. The Morgan fingerprint density at radius 1 is 1.38 bits per heavy atom. The smallest absolute Gasteiger partial charge is 0.304 e. The molecule has 2 aliphatic rings. The highest BCUT2D eigenvalue weighted by Crippen LogP contribution is 2.44. The van der Waals surface area contributed by atoms with E-state index < -0.39 is 21.9 Å². The summed E-state index contributed by atoms with van der Waals surface area (Å²) in [6, 6.07) is 2.10. The van der Waals surface area contributed by atoms with Gasteiger partial charge in [-0.2, -0.15) is 12.7 Å². The van der Waals surface area contributed by atoms with E-state index in [4.69, 9.17) is 0 Å². The topological polar surface area (TPSA) is 86.7 Å². The van der Waals surface area contributed by atoms with Crippen molar-refractivity contribution in [1.82, 2.24) is 9.03 Å². The first-order chi connectivity index (χ1) is 9.88. The molecule has 8 heteroatoms. The van der Waals surface area contributed by atoms with Crippen molar-refractivity contribution in [2.75, 3.05) is 13.1 Å². The molecule has 2 N–H and O–H groups in total. The van der Waals surface area contributed by atoms with E-state index in [-0.39, 0.29) is 18.7 Å². The number of nitrogens with zero attached hydrogens (tertiary/aromatic N) is 1. The first-order valence-electron chi connectivity index (χ1n) is 6.73. The number of phenolic OH excluding ortho intramolecular Hbond substituents is 1. The van der Waals surface area contributed by atoms with Crippen LogP contribution in [0.15, 0.2) is 12.1 Å². The fraction of sp³-hybridized carbons (Fsp3) is 0.462. The highest BCUT2D eigenvalue weighted by Gasteiger charge is 2.32. The van der Waals surface area contributed by atoms with E-state index >= 15 is 0 Å². The van der Waals surface area contributed by atoms with E-state index in [1.807, 2.05) is 4.72 Å². The van der Waals surface area contributed by atoms with Crippen LogP contribution in [0.2, 0.25) is 0 Å². The molecular formula is C13H17FN2O4S. The normalized spacial score (nSPS) is 19.1. The summed E-state index contributed by atoms with van der Waals surface area (Å²) < 4.78 is 40.4. The Morgan fingerprint density at radius 2 is 2.05 bits per heavy atom. The van der Waals surface area contributed by atoms with Gasteiger partial charge in [0.1, 0.15) is 11.6 Å². The summed E-state index contributed by atoms with van der Waals surface area (Å²) in [5, 5.41) is 9.68. The molecule has 0 radical (unpaired) electrons. The molecule has 0 unspecified atom stereocenters. The number of phenols is 1. The average Bonchev–Trinajstić information content (AvgIpc) is 3.08. The molecule has 0 bridgehead atoms. The summed E-state index contributed by atoms with van der Waals surface area (Å²) in [6.45, 7) is 0.710. The molecule has 2 fully saturated rings. The van der Waals surface area contributed by atoms with Crippen LogP contribution in [-0.4, -0.2) is 36.8 Å². The molecule has 6 nitrogen and oxygen atoms in total. The monoisotopic (exact) mass is 316 g/mol. The predicted molar refractivity (Wildman–Crippen MR) is 74.7 cm³/mol. The molecule has 21 heavy (non-hydrogen) atoms. The van der Waals surface area contributed by atoms with Gasteiger partial charge in [-0.05, 0) is 36.8 Å². The van der Waals surface area contributed by atoms with Crippen LogP contribution in [0.3, 0.4) is 0 Å². The zero-order valence-corrected chi connectivity index (χ0v) is 12.0. The summed E-state index contributed by atoms with van der Waals surface area (Å²) in [5.74, 6) is -2.03. The summed E-state index contributed by atoms with van der Waals surface area (Å²) in [7, 11) is -3.91. The van der Waals surface area contributed by atoms with Crippen LogP contribution in [0.5, 0.6) is 5.75 Å². The average molecular weight is 316 g/mol. The van der Waals surface area contributed by atoms with Crippen molar-refractivity contribution < 1.29 is 24.1 Å². The zero-order chi connectivity index (χ0) is 15.2. The van der Waals surface area contributed by atoms with Crippen molar-refractivity contribution in [3.63, 3.8) is 0 Å². The van der Waals surface area contributed by atoms with Crippen LogP contribution < -0.4 is 4.72 Å². The van der Waals surface area contributed by atoms with E-state index in [0.29, 0.717) is 18.7 Å². The van der Waals surface area contributed by atoms with Crippen molar-refractivity contribution in [2.45, 2.75) is 25.2 Å². The molecule has 0 spiro atoms. The van der Waals surface area contributed by atoms with Gasteiger partial charge in [-0.15, -0.1) is 0 Å². The standard InChI is InChI=1S/C13H15FN2O4S.H2/c14-11-7-12(17)9(8-2-3-8)6-10(11)13(18)15-21(19,20)16-4-1-5-16;/h6-8,17H,1-5H2,(H,15,18);1H. The van der Waals surface area contributed by atoms with Gasteiger partial charge < -0.3 is 5.11 Å². The summed E-state index contributed by atoms with van der Waals surface area (Å²) in [4.78, 5) is 12.0. The van der Waals surface area contributed by atoms with Crippen LogP contribution in [0.25, 0.3) is 0 Å². The zero-order valence-electron chi connectivity index (χ0n) is 11.2. The van der Waals surface area contributed by atoms with E-state index in [0.717, 1.165) is 29.6 Å². The number of amides is 1. The second-order valence-corrected chi connectivity index (χ2v) is 7.02. The highest BCUT2D eigenvalue weighted by molar-refractivity contribution is 7.87. The molecule has 1 aromatic carbocycles. The quantitative estimate of drug-likeness (QED) is 0.877. The minimum atomic E-state index is -3.91. The van der Waals surface area contributed by atoms with Crippen LogP contribution in [-0.2, 0) is 10.2 Å². The molecule has 3 rings (SSSR count). The Bertz CT molecular complexity index is 702. The number of hydrogen-bond acceptors (Lipinski definition) is 4. The third kappa shape index (κ3) is 2.73. The van der Waals surface area contributed by atoms with Gasteiger partial charge in [0.15, 0.2) is 0 Å². The van der Waals surface area contributed by atoms with Crippen LogP contribution in [0.1, 0.15) is 42.5 Å². The maximum atomic E-state index is 13.8. The van der Waals surface area contributed by atoms with Crippen molar-refractivity contribution in [2.24, 2.45) is 0 Å². The lowest BCUT2D eigenvalue weighted by atomic mass is 10.0. The molecule has 1 saturated heterocycles. The number of benzene rings is 1. The Morgan fingerprint density at radius 3 is 2.57 bits per heavy atom. The Balaban J connectivity index is 0.00000176. The Labute approximate surface area is 123 Å². The molecule has 0 atom stereocenters. The predicted octanol–water partition coefficient (Wildman–Crippen LogP) is 1.33. The third-order valence-corrected chi connectivity index (χ3v) is 5.24. The lowest BCUT2D eigenvalue weighted by Crippen LogP contribution is -2.49.